The first-order chi connectivity index (χ1) is 6.27. The van der Waals surface area contributed by atoms with Crippen LogP contribution in [0.1, 0.15) is 30.9 Å². The van der Waals surface area contributed by atoms with Crippen LogP contribution in [-0.4, -0.2) is 5.11 Å². The van der Waals surface area contributed by atoms with Crippen molar-refractivity contribution >= 4 is 15.9 Å². The van der Waals surface area contributed by atoms with Gasteiger partial charge in [-0.1, -0.05) is 34.5 Å². The van der Waals surface area contributed by atoms with Crippen LogP contribution in [0.5, 0.6) is 0 Å². The summed E-state index contributed by atoms with van der Waals surface area (Å²) in [5, 5.41) is 9.92. The van der Waals surface area contributed by atoms with Gasteiger partial charge in [-0.2, -0.15) is 0 Å². The van der Waals surface area contributed by atoms with E-state index in [9.17, 15) is 5.11 Å². The lowest BCUT2D eigenvalue weighted by atomic mass is 9.79. The van der Waals surface area contributed by atoms with Gasteiger partial charge in [0.05, 0.1) is 6.10 Å². The van der Waals surface area contributed by atoms with Gasteiger partial charge in [-0.05, 0) is 36.5 Å². The molecule has 2 rings (SSSR count). The Morgan fingerprint density at radius 3 is 2.31 bits per heavy atom. The Kier molecular flexibility index (Phi) is 2.70. The highest BCUT2D eigenvalue weighted by Gasteiger charge is 2.26. The minimum atomic E-state index is -0.248. The second-order valence-corrected chi connectivity index (χ2v) is 4.60. The van der Waals surface area contributed by atoms with E-state index in [1.807, 2.05) is 24.3 Å². The molecule has 0 spiro atoms. The fourth-order valence-electron chi connectivity index (χ4n) is 1.69. The molecule has 0 amide bonds. The second-order valence-electron chi connectivity index (χ2n) is 3.69. The molecule has 70 valence electrons. The van der Waals surface area contributed by atoms with Crippen molar-refractivity contribution < 1.29 is 5.11 Å². The normalized spacial score (nSPS) is 19.5. The van der Waals surface area contributed by atoms with Crippen molar-refractivity contribution in [2.45, 2.75) is 25.4 Å². The van der Waals surface area contributed by atoms with Crippen LogP contribution in [0.2, 0.25) is 0 Å². The van der Waals surface area contributed by atoms with Gasteiger partial charge in [0, 0.05) is 4.47 Å². The fourth-order valence-corrected chi connectivity index (χ4v) is 1.95. The third kappa shape index (κ3) is 1.94. The SMILES string of the molecule is OC(c1ccc(Br)cc1)C1CCC1. The minimum absolute atomic E-state index is 0.248. The summed E-state index contributed by atoms with van der Waals surface area (Å²) >= 11 is 3.38. The number of aliphatic hydroxyl groups is 1. The molecule has 1 N–H and O–H groups in total. The molecule has 0 aliphatic heterocycles. The first-order valence-electron chi connectivity index (χ1n) is 4.71. The topological polar surface area (TPSA) is 20.2 Å². The molecule has 1 saturated carbocycles. The van der Waals surface area contributed by atoms with Crippen molar-refractivity contribution in [2.75, 3.05) is 0 Å². The Labute approximate surface area is 86.9 Å². The van der Waals surface area contributed by atoms with Crippen LogP contribution in [0, 0.1) is 5.92 Å². The Bertz CT molecular complexity index is 277. The van der Waals surface area contributed by atoms with E-state index in [1.54, 1.807) is 0 Å². The predicted octanol–water partition coefficient (Wildman–Crippen LogP) is 3.28. The van der Waals surface area contributed by atoms with E-state index in [-0.39, 0.29) is 6.10 Å². The molecule has 1 aromatic rings. The minimum Gasteiger partial charge on any atom is -0.388 e. The quantitative estimate of drug-likeness (QED) is 0.842. The third-order valence-electron chi connectivity index (χ3n) is 2.81. The van der Waals surface area contributed by atoms with E-state index < -0.39 is 0 Å². The summed E-state index contributed by atoms with van der Waals surface area (Å²) in [7, 11) is 0. The summed E-state index contributed by atoms with van der Waals surface area (Å²) in [6, 6.07) is 7.95. The number of hydrogen-bond acceptors (Lipinski definition) is 1. The van der Waals surface area contributed by atoms with Gasteiger partial charge < -0.3 is 5.11 Å². The van der Waals surface area contributed by atoms with Crippen molar-refractivity contribution in [1.82, 2.24) is 0 Å². The molecule has 13 heavy (non-hydrogen) atoms. The van der Waals surface area contributed by atoms with Crippen LogP contribution in [-0.2, 0) is 0 Å². The van der Waals surface area contributed by atoms with Crippen molar-refractivity contribution in [2.24, 2.45) is 5.92 Å². The zero-order valence-electron chi connectivity index (χ0n) is 7.41. The molecule has 1 aliphatic carbocycles. The third-order valence-corrected chi connectivity index (χ3v) is 3.34. The standard InChI is InChI=1S/C11H13BrO/c12-10-6-4-9(5-7-10)11(13)8-2-1-3-8/h4-8,11,13H,1-3H2. The van der Waals surface area contributed by atoms with E-state index in [2.05, 4.69) is 15.9 Å². The number of aliphatic hydroxyl groups excluding tert-OH is 1. The highest BCUT2D eigenvalue weighted by atomic mass is 79.9. The van der Waals surface area contributed by atoms with Crippen LogP contribution in [0.3, 0.4) is 0 Å². The van der Waals surface area contributed by atoms with Crippen molar-refractivity contribution in [3.8, 4) is 0 Å². The van der Waals surface area contributed by atoms with Gasteiger partial charge in [0.15, 0.2) is 0 Å². The van der Waals surface area contributed by atoms with Crippen LogP contribution < -0.4 is 0 Å². The van der Waals surface area contributed by atoms with Crippen molar-refractivity contribution in [3.63, 3.8) is 0 Å². The summed E-state index contributed by atoms with van der Waals surface area (Å²) in [5.74, 6) is 0.501. The van der Waals surface area contributed by atoms with Crippen LogP contribution in [0.15, 0.2) is 28.7 Å². The molecule has 1 unspecified atom stereocenters. The summed E-state index contributed by atoms with van der Waals surface area (Å²) in [6.07, 6.45) is 3.38. The Hall–Kier alpha value is -0.340. The summed E-state index contributed by atoms with van der Waals surface area (Å²) in [4.78, 5) is 0. The molecule has 1 nitrogen and oxygen atoms in total. The first-order valence-corrected chi connectivity index (χ1v) is 5.50. The lowest BCUT2D eigenvalue weighted by molar-refractivity contribution is 0.0621. The van der Waals surface area contributed by atoms with Gasteiger partial charge >= 0.3 is 0 Å². The van der Waals surface area contributed by atoms with E-state index in [0.29, 0.717) is 5.92 Å². The monoisotopic (exact) mass is 240 g/mol. The van der Waals surface area contributed by atoms with E-state index in [4.69, 9.17) is 0 Å². The van der Waals surface area contributed by atoms with E-state index in [1.165, 1.54) is 19.3 Å². The maximum absolute atomic E-state index is 9.92. The summed E-state index contributed by atoms with van der Waals surface area (Å²) in [6.45, 7) is 0. The second kappa shape index (κ2) is 3.81. The van der Waals surface area contributed by atoms with Crippen LogP contribution >= 0.6 is 15.9 Å². The van der Waals surface area contributed by atoms with Crippen LogP contribution in [0.4, 0.5) is 0 Å². The highest BCUT2D eigenvalue weighted by molar-refractivity contribution is 9.10. The molecule has 1 fully saturated rings. The average molecular weight is 241 g/mol. The molecule has 0 heterocycles. The highest BCUT2D eigenvalue weighted by Crippen LogP contribution is 2.37. The van der Waals surface area contributed by atoms with E-state index >= 15 is 0 Å². The lowest BCUT2D eigenvalue weighted by Gasteiger charge is -2.30. The molecule has 1 atom stereocenters. The largest absolute Gasteiger partial charge is 0.388 e. The Morgan fingerprint density at radius 1 is 1.23 bits per heavy atom. The molecule has 2 heteroatoms. The molecular formula is C11H13BrO. The zero-order chi connectivity index (χ0) is 9.26. The van der Waals surface area contributed by atoms with Gasteiger partial charge in [0.25, 0.3) is 0 Å². The first kappa shape index (κ1) is 9.22. The number of hydrogen-bond donors (Lipinski definition) is 1. The van der Waals surface area contributed by atoms with Gasteiger partial charge in [-0.15, -0.1) is 0 Å². The Morgan fingerprint density at radius 2 is 1.85 bits per heavy atom. The van der Waals surface area contributed by atoms with Crippen molar-refractivity contribution in [3.05, 3.63) is 34.3 Å². The Balaban J connectivity index is 2.10. The maximum atomic E-state index is 9.92. The number of benzene rings is 1. The summed E-state index contributed by atoms with van der Waals surface area (Å²) < 4.78 is 1.07. The van der Waals surface area contributed by atoms with E-state index in [0.717, 1.165) is 10.0 Å². The maximum Gasteiger partial charge on any atom is 0.0818 e. The number of halogens is 1. The lowest BCUT2D eigenvalue weighted by Crippen LogP contribution is -2.19. The van der Waals surface area contributed by atoms with Gasteiger partial charge in [0.1, 0.15) is 0 Å². The van der Waals surface area contributed by atoms with Gasteiger partial charge in [-0.25, -0.2) is 0 Å². The van der Waals surface area contributed by atoms with Crippen LogP contribution in [0.25, 0.3) is 0 Å². The molecule has 0 radical (unpaired) electrons. The molecule has 1 aliphatic rings. The van der Waals surface area contributed by atoms with Gasteiger partial charge in [-0.3, -0.25) is 0 Å². The van der Waals surface area contributed by atoms with Gasteiger partial charge in [0.2, 0.25) is 0 Å². The smallest absolute Gasteiger partial charge is 0.0818 e. The van der Waals surface area contributed by atoms with Crippen molar-refractivity contribution in [1.29, 1.82) is 0 Å². The average Bonchev–Trinajstić information content (AvgIpc) is 2.02. The molecule has 0 saturated heterocycles. The fraction of sp³-hybridized carbons (Fsp3) is 0.455. The molecule has 0 aromatic heterocycles. The summed E-state index contributed by atoms with van der Waals surface area (Å²) in [5.41, 5.74) is 1.05. The molecule has 1 aromatic carbocycles. The molecular weight excluding hydrogens is 228 g/mol. The number of rotatable bonds is 2. The zero-order valence-corrected chi connectivity index (χ0v) is 9.00. The predicted molar refractivity (Wildman–Crippen MR) is 56.4 cm³/mol. The molecule has 0 bridgehead atoms.